The zero-order chi connectivity index (χ0) is 13.7. The standard InChI is InChI=1S/C14H24N4S/c1-4-15-12-10(2)13(16-8-5-9-19-3)18-14(17-12)11-6-7-11/h11H,4-9H2,1-3H3,(H2,15,16,17,18). The molecule has 4 nitrogen and oxygen atoms in total. The summed E-state index contributed by atoms with van der Waals surface area (Å²) in [5.41, 5.74) is 1.13. The highest BCUT2D eigenvalue weighted by Gasteiger charge is 2.28. The van der Waals surface area contributed by atoms with Crippen LogP contribution < -0.4 is 10.6 Å². The van der Waals surface area contributed by atoms with Gasteiger partial charge in [0.25, 0.3) is 0 Å². The second-order valence-electron chi connectivity index (χ2n) is 4.98. The highest BCUT2D eigenvalue weighted by molar-refractivity contribution is 7.98. The SMILES string of the molecule is CCNc1nc(C2CC2)nc(NCCCSC)c1C. The molecule has 1 aromatic rings. The van der Waals surface area contributed by atoms with E-state index in [1.165, 1.54) is 25.0 Å². The first kappa shape index (κ1) is 14.4. The maximum absolute atomic E-state index is 4.71. The lowest BCUT2D eigenvalue weighted by Gasteiger charge is -2.14. The molecule has 0 aromatic carbocycles. The van der Waals surface area contributed by atoms with E-state index in [0.29, 0.717) is 5.92 Å². The fraction of sp³-hybridized carbons (Fsp3) is 0.714. The molecule has 1 aliphatic carbocycles. The van der Waals surface area contributed by atoms with Gasteiger partial charge in [-0.1, -0.05) is 0 Å². The average Bonchev–Trinajstić information content (AvgIpc) is 3.23. The van der Waals surface area contributed by atoms with Crippen LogP contribution >= 0.6 is 11.8 Å². The Bertz CT molecular complexity index is 418. The van der Waals surface area contributed by atoms with Gasteiger partial charge in [-0.15, -0.1) is 0 Å². The lowest BCUT2D eigenvalue weighted by molar-refractivity contribution is 0.900. The molecular formula is C14H24N4S. The summed E-state index contributed by atoms with van der Waals surface area (Å²) in [5, 5.41) is 6.81. The molecule has 1 heterocycles. The number of anilines is 2. The van der Waals surface area contributed by atoms with Gasteiger partial charge in [0.05, 0.1) is 0 Å². The number of nitrogens with one attached hydrogen (secondary N) is 2. The fourth-order valence-corrected chi connectivity index (χ4v) is 2.43. The van der Waals surface area contributed by atoms with E-state index in [1.807, 2.05) is 11.8 Å². The van der Waals surface area contributed by atoms with Gasteiger partial charge in [-0.2, -0.15) is 11.8 Å². The van der Waals surface area contributed by atoms with Crippen LogP contribution in [0.25, 0.3) is 0 Å². The Hall–Kier alpha value is -0.970. The largest absolute Gasteiger partial charge is 0.370 e. The molecule has 2 N–H and O–H groups in total. The summed E-state index contributed by atoms with van der Waals surface area (Å²) in [4.78, 5) is 9.37. The summed E-state index contributed by atoms with van der Waals surface area (Å²) in [6.07, 6.45) is 5.78. The summed E-state index contributed by atoms with van der Waals surface area (Å²) in [5.74, 6) is 4.78. The molecule has 2 rings (SSSR count). The van der Waals surface area contributed by atoms with E-state index in [9.17, 15) is 0 Å². The van der Waals surface area contributed by atoms with Gasteiger partial charge in [0.1, 0.15) is 17.5 Å². The van der Waals surface area contributed by atoms with Crippen molar-refractivity contribution in [2.45, 2.75) is 39.0 Å². The summed E-state index contributed by atoms with van der Waals surface area (Å²) in [6.45, 7) is 6.07. The molecule has 1 aromatic heterocycles. The molecule has 1 fully saturated rings. The van der Waals surface area contributed by atoms with Crippen LogP contribution in [0.1, 0.15) is 43.5 Å². The van der Waals surface area contributed by atoms with Crippen LogP contribution in [0, 0.1) is 6.92 Å². The molecule has 106 valence electrons. The maximum atomic E-state index is 4.71. The van der Waals surface area contributed by atoms with Gasteiger partial charge in [-0.05, 0) is 45.1 Å². The van der Waals surface area contributed by atoms with Gasteiger partial charge >= 0.3 is 0 Å². The fourth-order valence-electron chi connectivity index (χ4n) is 1.99. The lowest BCUT2D eigenvalue weighted by atomic mass is 10.2. The Morgan fingerprint density at radius 1 is 1.21 bits per heavy atom. The van der Waals surface area contributed by atoms with E-state index in [4.69, 9.17) is 4.98 Å². The van der Waals surface area contributed by atoms with Gasteiger partial charge in [0.15, 0.2) is 0 Å². The Labute approximate surface area is 120 Å². The van der Waals surface area contributed by atoms with E-state index in [0.717, 1.165) is 36.1 Å². The normalized spacial score (nSPS) is 14.5. The summed E-state index contributed by atoms with van der Waals surface area (Å²) < 4.78 is 0. The van der Waals surface area contributed by atoms with Crippen molar-refractivity contribution in [2.75, 3.05) is 35.7 Å². The van der Waals surface area contributed by atoms with Crippen molar-refractivity contribution in [3.05, 3.63) is 11.4 Å². The first-order valence-corrected chi connectivity index (χ1v) is 8.50. The monoisotopic (exact) mass is 280 g/mol. The molecule has 0 bridgehead atoms. The molecule has 1 saturated carbocycles. The van der Waals surface area contributed by atoms with E-state index >= 15 is 0 Å². The van der Waals surface area contributed by atoms with E-state index in [1.54, 1.807) is 0 Å². The molecule has 0 atom stereocenters. The minimum atomic E-state index is 0.588. The van der Waals surface area contributed by atoms with Gasteiger partial charge < -0.3 is 10.6 Å². The van der Waals surface area contributed by atoms with Crippen molar-refractivity contribution in [3.63, 3.8) is 0 Å². The van der Waals surface area contributed by atoms with Gasteiger partial charge in [0.2, 0.25) is 0 Å². The predicted octanol–water partition coefficient (Wildman–Crippen LogP) is 3.26. The van der Waals surface area contributed by atoms with Crippen molar-refractivity contribution in [3.8, 4) is 0 Å². The minimum absolute atomic E-state index is 0.588. The zero-order valence-electron chi connectivity index (χ0n) is 12.1. The van der Waals surface area contributed by atoms with Crippen molar-refractivity contribution >= 4 is 23.4 Å². The van der Waals surface area contributed by atoms with Crippen LogP contribution in [0.4, 0.5) is 11.6 Å². The molecule has 0 radical (unpaired) electrons. The highest BCUT2D eigenvalue weighted by Crippen LogP contribution is 2.39. The van der Waals surface area contributed by atoms with Crippen LogP contribution in [-0.4, -0.2) is 35.1 Å². The number of rotatable bonds is 8. The third-order valence-electron chi connectivity index (χ3n) is 3.27. The molecule has 0 unspecified atom stereocenters. The molecule has 0 spiro atoms. The Kier molecular flexibility index (Phi) is 5.31. The maximum Gasteiger partial charge on any atom is 0.136 e. The van der Waals surface area contributed by atoms with Crippen LogP contribution in [0.5, 0.6) is 0 Å². The summed E-state index contributed by atoms with van der Waals surface area (Å²) >= 11 is 1.89. The number of hydrogen-bond acceptors (Lipinski definition) is 5. The molecular weight excluding hydrogens is 256 g/mol. The highest BCUT2D eigenvalue weighted by atomic mass is 32.2. The Morgan fingerprint density at radius 3 is 2.47 bits per heavy atom. The number of hydrogen-bond donors (Lipinski definition) is 2. The van der Waals surface area contributed by atoms with Crippen LogP contribution in [0.15, 0.2) is 0 Å². The molecule has 1 aliphatic rings. The van der Waals surface area contributed by atoms with E-state index in [2.05, 4.69) is 35.7 Å². The number of nitrogens with zero attached hydrogens (tertiary/aromatic N) is 2. The Morgan fingerprint density at radius 2 is 1.89 bits per heavy atom. The van der Waals surface area contributed by atoms with Crippen molar-refractivity contribution in [1.82, 2.24) is 9.97 Å². The van der Waals surface area contributed by atoms with E-state index in [-0.39, 0.29) is 0 Å². The second-order valence-corrected chi connectivity index (χ2v) is 5.97. The quantitative estimate of drug-likeness (QED) is 0.716. The first-order chi connectivity index (χ1) is 9.26. The number of thioether (sulfide) groups is 1. The molecule has 0 aliphatic heterocycles. The first-order valence-electron chi connectivity index (χ1n) is 7.11. The van der Waals surface area contributed by atoms with Gasteiger partial charge in [-0.3, -0.25) is 0 Å². The molecule has 0 amide bonds. The third kappa shape index (κ3) is 4.00. The van der Waals surface area contributed by atoms with Gasteiger partial charge in [0, 0.05) is 24.6 Å². The van der Waals surface area contributed by atoms with E-state index < -0.39 is 0 Å². The van der Waals surface area contributed by atoms with Crippen molar-refractivity contribution < 1.29 is 0 Å². The number of aromatic nitrogens is 2. The van der Waals surface area contributed by atoms with Crippen molar-refractivity contribution in [2.24, 2.45) is 0 Å². The van der Waals surface area contributed by atoms with Crippen LogP contribution in [0.2, 0.25) is 0 Å². The summed E-state index contributed by atoms with van der Waals surface area (Å²) in [7, 11) is 0. The topological polar surface area (TPSA) is 49.8 Å². The second kappa shape index (κ2) is 6.98. The molecule has 19 heavy (non-hydrogen) atoms. The van der Waals surface area contributed by atoms with Crippen LogP contribution in [-0.2, 0) is 0 Å². The zero-order valence-corrected chi connectivity index (χ0v) is 12.9. The molecule has 0 saturated heterocycles. The Balaban J connectivity index is 2.10. The van der Waals surface area contributed by atoms with Crippen LogP contribution in [0.3, 0.4) is 0 Å². The predicted molar refractivity (Wildman–Crippen MR) is 84.4 cm³/mol. The van der Waals surface area contributed by atoms with Gasteiger partial charge in [-0.25, -0.2) is 9.97 Å². The summed E-state index contributed by atoms with van der Waals surface area (Å²) in [6, 6.07) is 0. The third-order valence-corrected chi connectivity index (χ3v) is 3.96. The average molecular weight is 280 g/mol. The van der Waals surface area contributed by atoms with Crippen molar-refractivity contribution in [1.29, 1.82) is 0 Å². The smallest absolute Gasteiger partial charge is 0.136 e. The minimum Gasteiger partial charge on any atom is -0.370 e. The lowest BCUT2D eigenvalue weighted by Crippen LogP contribution is -2.12. The molecule has 5 heteroatoms.